The molecule has 0 spiro atoms. The van der Waals surface area contributed by atoms with Gasteiger partial charge in [0.25, 0.3) is 0 Å². The highest BCUT2D eigenvalue weighted by atomic mass is 32.1. The lowest BCUT2D eigenvalue weighted by Gasteiger charge is -2.09. The van der Waals surface area contributed by atoms with Crippen molar-refractivity contribution < 1.29 is 9.13 Å². The number of ether oxygens (including phenoxy) is 1. The van der Waals surface area contributed by atoms with Gasteiger partial charge in [0.2, 0.25) is 0 Å². The molecule has 166 valence electrons. The van der Waals surface area contributed by atoms with Crippen molar-refractivity contribution in [2.45, 2.75) is 6.54 Å². The smallest absolute Gasteiger partial charge is 0.135 e. The molecule has 0 amide bonds. The van der Waals surface area contributed by atoms with Crippen molar-refractivity contribution >= 4 is 49.5 Å². The highest BCUT2D eigenvalue weighted by molar-refractivity contribution is 7.26. The summed E-state index contributed by atoms with van der Waals surface area (Å²) in [6.07, 6.45) is 5.59. The second kappa shape index (κ2) is 9.34. The maximum Gasteiger partial charge on any atom is 0.135 e. The second-order valence-electron chi connectivity index (χ2n) is 7.78. The monoisotopic (exact) mass is 465 g/mol. The van der Waals surface area contributed by atoms with Crippen LogP contribution >= 0.6 is 11.3 Å². The van der Waals surface area contributed by atoms with E-state index in [1.165, 1.54) is 12.1 Å². The fraction of sp³-hybridized carbons (Fsp3) is 0.0714. The predicted molar refractivity (Wildman–Crippen MR) is 137 cm³/mol. The summed E-state index contributed by atoms with van der Waals surface area (Å²) < 4.78 is 20.4. The Balaban J connectivity index is 1.49. The van der Waals surface area contributed by atoms with Crippen molar-refractivity contribution in [3.63, 3.8) is 0 Å². The summed E-state index contributed by atoms with van der Waals surface area (Å²) in [4.78, 5) is 4.56. The number of halogens is 1. The Kier molecular flexibility index (Phi) is 5.94. The van der Waals surface area contributed by atoms with Gasteiger partial charge in [-0.2, -0.15) is 5.26 Å². The first kappa shape index (κ1) is 21.6. The summed E-state index contributed by atoms with van der Waals surface area (Å²) in [6, 6.07) is 22.8. The fourth-order valence-corrected chi connectivity index (χ4v) is 5.02. The van der Waals surface area contributed by atoms with Gasteiger partial charge in [0, 0.05) is 28.2 Å². The van der Waals surface area contributed by atoms with Gasteiger partial charge in [-0.3, -0.25) is 0 Å². The van der Waals surface area contributed by atoms with Gasteiger partial charge < -0.3 is 10.1 Å². The molecule has 0 fully saturated rings. The van der Waals surface area contributed by atoms with Crippen LogP contribution in [-0.2, 0) is 6.54 Å². The summed E-state index contributed by atoms with van der Waals surface area (Å²) in [5, 5.41) is 15.1. The van der Waals surface area contributed by atoms with Crippen molar-refractivity contribution in [3.05, 3.63) is 101 Å². The third-order valence-corrected chi connectivity index (χ3v) is 6.78. The van der Waals surface area contributed by atoms with Crippen molar-refractivity contribution in [3.8, 4) is 11.8 Å². The lowest BCUT2D eigenvalue weighted by atomic mass is 10.1. The topological polar surface area (TPSA) is 57.9 Å². The number of hydrogen-bond donors (Lipinski definition) is 1. The van der Waals surface area contributed by atoms with E-state index in [0.717, 1.165) is 48.4 Å². The molecule has 0 radical (unpaired) electrons. The average Bonchev–Trinajstić information content (AvgIpc) is 3.26. The van der Waals surface area contributed by atoms with Gasteiger partial charge in [-0.1, -0.05) is 48.6 Å². The lowest BCUT2D eigenvalue weighted by molar-refractivity contribution is 0.414. The molecule has 5 rings (SSSR count). The van der Waals surface area contributed by atoms with Crippen molar-refractivity contribution in [1.29, 1.82) is 5.26 Å². The molecule has 34 heavy (non-hydrogen) atoms. The maximum atomic E-state index is 13.1. The fourth-order valence-electron chi connectivity index (χ4n) is 3.80. The standard InChI is InChI=1S/C28H20FN3OS/c1-33-23-11-6-20(7-12-23)16-31-28-26-24-13-8-19(3-2-18-4-9-22(29)10-5-18)14-25(24)34-27(26)21(15-30)17-32-28/h2-14,17H,16H2,1H3,(H,31,32)/b3-2+. The summed E-state index contributed by atoms with van der Waals surface area (Å²) >= 11 is 1.59. The maximum absolute atomic E-state index is 13.1. The first-order chi connectivity index (χ1) is 16.6. The molecule has 5 aromatic rings. The SMILES string of the molecule is COc1ccc(CNc2ncc(C#N)c3sc4cc(/C=C/c5ccc(F)cc5)ccc4c23)cc1. The third kappa shape index (κ3) is 4.34. The van der Waals surface area contributed by atoms with Crippen LogP contribution in [0, 0.1) is 17.1 Å². The van der Waals surface area contributed by atoms with Crippen LogP contribution in [0.5, 0.6) is 5.75 Å². The predicted octanol–water partition coefficient (Wildman–Crippen LogP) is 7.25. The Bertz CT molecular complexity index is 1550. The molecular formula is C28H20FN3OS. The number of benzene rings is 3. The number of rotatable bonds is 6. The number of hydrogen-bond acceptors (Lipinski definition) is 5. The van der Waals surface area contributed by atoms with Crippen molar-refractivity contribution in [2.75, 3.05) is 12.4 Å². The highest BCUT2D eigenvalue weighted by Crippen LogP contribution is 2.39. The Morgan fingerprint density at radius 3 is 2.50 bits per heavy atom. The number of anilines is 1. The Labute approximate surface area is 200 Å². The van der Waals surface area contributed by atoms with Crippen LogP contribution in [0.25, 0.3) is 32.3 Å². The number of nitrogens with zero attached hydrogens (tertiary/aromatic N) is 2. The number of nitrogens with one attached hydrogen (secondary N) is 1. The Hall–Kier alpha value is -4.21. The van der Waals surface area contributed by atoms with Gasteiger partial charge in [0.1, 0.15) is 23.5 Å². The van der Waals surface area contributed by atoms with E-state index < -0.39 is 0 Å². The van der Waals surface area contributed by atoms with E-state index in [9.17, 15) is 9.65 Å². The number of methoxy groups -OCH3 is 1. The number of fused-ring (bicyclic) bond motifs is 3. The van der Waals surface area contributed by atoms with Crippen LogP contribution in [0.1, 0.15) is 22.3 Å². The van der Waals surface area contributed by atoms with Crippen LogP contribution in [0.2, 0.25) is 0 Å². The molecule has 0 unspecified atom stereocenters. The molecule has 4 nitrogen and oxygen atoms in total. The minimum Gasteiger partial charge on any atom is -0.497 e. The van der Waals surface area contributed by atoms with E-state index in [1.807, 2.05) is 42.5 Å². The normalized spacial score (nSPS) is 11.2. The van der Waals surface area contributed by atoms with Crippen LogP contribution in [-0.4, -0.2) is 12.1 Å². The number of thiophene rings is 1. The lowest BCUT2D eigenvalue weighted by Crippen LogP contribution is -2.02. The molecule has 0 bridgehead atoms. The number of pyridine rings is 1. The summed E-state index contributed by atoms with van der Waals surface area (Å²) in [7, 11) is 1.65. The van der Waals surface area contributed by atoms with E-state index in [2.05, 4.69) is 28.5 Å². The largest absolute Gasteiger partial charge is 0.497 e. The van der Waals surface area contributed by atoms with Gasteiger partial charge in [0.15, 0.2) is 0 Å². The van der Waals surface area contributed by atoms with Crippen molar-refractivity contribution in [2.24, 2.45) is 0 Å². The zero-order chi connectivity index (χ0) is 23.5. The van der Waals surface area contributed by atoms with E-state index in [4.69, 9.17) is 4.74 Å². The van der Waals surface area contributed by atoms with Gasteiger partial charge in [0.05, 0.1) is 17.4 Å². The summed E-state index contributed by atoms with van der Waals surface area (Å²) in [6.45, 7) is 0.605. The average molecular weight is 466 g/mol. The molecule has 0 aliphatic carbocycles. The molecule has 1 N–H and O–H groups in total. The molecule has 0 aliphatic rings. The molecule has 6 heteroatoms. The van der Waals surface area contributed by atoms with Crippen LogP contribution in [0.15, 0.2) is 72.9 Å². The summed E-state index contributed by atoms with van der Waals surface area (Å²) in [5.41, 5.74) is 3.63. The van der Waals surface area contributed by atoms with E-state index >= 15 is 0 Å². The molecule has 3 aromatic carbocycles. The molecule has 2 aromatic heterocycles. The number of aromatic nitrogens is 1. The van der Waals surface area contributed by atoms with E-state index in [-0.39, 0.29) is 5.82 Å². The minimum absolute atomic E-state index is 0.248. The molecule has 0 aliphatic heterocycles. The van der Waals surface area contributed by atoms with Crippen molar-refractivity contribution in [1.82, 2.24) is 4.98 Å². The van der Waals surface area contributed by atoms with Gasteiger partial charge in [-0.15, -0.1) is 11.3 Å². The molecular weight excluding hydrogens is 445 g/mol. The molecule has 0 atom stereocenters. The highest BCUT2D eigenvalue weighted by Gasteiger charge is 2.15. The molecule has 2 heterocycles. The van der Waals surface area contributed by atoms with E-state index in [0.29, 0.717) is 12.1 Å². The van der Waals surface area contributed by atoms with Gasteiger partial charge >= 0.3 is 0 Å². The number of nitriles is 1. The Morgan fingerprint density at radius 2 is 1.76 bits per heavy atom. The van der Waals surface area contributed by atoms with Crippen LogP contribution in [0.3, 0.4) is 0 Å². The van der Waals surface area contributed by atoms with Gasteiger partial charge in [-0.25, -0.2) is 9.37 Å². The summed E-state index contributed by atoms with van der Waals surface area (Å²) in [5.74, 6) is 1.32. The van der Waals surface area contributed by atoms with E-state index in [1.54, 1.807) is 36.8 Å². The van der Waals surface area contributed by atoms with Crippen LogP contribution in [0.4, 0.5) is 10.2 Å². The molecule has 0 saturated heterocycles. The van der Waals surface area contributed by atoms with Gasteiger partial charge in [-0.05, 0) is 47.0 Å². The zero-order valence-corrected chi connectivity index (χ0v) is 19.2. The first-order valence-electron chi connectivity index (χ1n) is 10.7. The Morgan fingerprint density at radius 1 is 1.03 bits per heavy atom. The third-order valence-electron chi connectivity index (χ3n) is 5.60. The quantitative estimate of drug-likeness (QED) is 0.268. The molecule has 0 saturated carbocycles. The minimum atomic E-state index is -0.248. The first-order valence-corrected chi connectivity index (χ1v) is 11.5. The van der Waals surface area contributed by atoms with Crippen LogP contribution < -0.4 is 10.1 Å². The second-order valence-corrected chi connectivity index (χ2v) is 8.83. The zero-order valence-electron chi connectivity index (χ0n) is 18.4.